The predicted molar refractivity (Wildman–Crippen MR) is 76.5 cm³/mol. The van der Waals surface area contributed by atoms with Crippen LogP contribution < -0.4 is 10.6 Å². The van der Waals surface area contributed by atoms with Crippen LogP contribution in [0.25, 0.3) is 0 Å². The van der Waals surface area contributed by atoms with E-state index in [0.29, 0.717) is 5.69 Å². The SMILES string of the molecule is O=C(NC(=S)Nc1ccc(F)cc1)c1ccccc1F. The third-order valence-electron chi connectivity index (χ3n) is 2.45. The Hall–Kier alpha value is -2.34. The van der Waals surface area contributed by atoms with Gasteiger partial charge in [0.2, 0.25) is 0 Å². The Morgan fingerprint density at radius 1 is 1.00 bits per heavy atom. The van der Waals surface area contributed by atoms with Gasteiger partial charge in [0.15, 0.2) is 5.11 Å². The summed E-state index contributed by atoms with van der Waals surface area (Å²) in [6, 6.07) is 11.0. The minimum absolute atomic E-state index is 0.00450. The summed E-state index contributed by atoms with van der Waals surface area (Å²) in [5, 5.41) is 5.05. The number of rotatable bonds is 2. The number of anilines is 1. The average molecular weight is 292 g/mol. The van der Waals surface area contributed by atoms with Crippen molar-refractivity contribution in [3.05, 3.63) is 65.7 Å². The number of halogens is 2. The van der Waals surface area contributed by atoms with Crippen LogP contribution in [-0.2, 0) is 0 Å². The zero-order valence-electron chi connectivity index (χ0n) is 10.2. The van der Waals surface area contributed by atoms with Gasteiger partial charge in [-0.05, 0) is 48.6 Å². The Kier molecular flexibility index (Phi) is 4.37. The van der Waals surface area contributed by atoms with Crippen molar-refractivity contribution in [2.75, 3.05) is 5.32 Å². The van der Waals surface area contributed by atoms with E-state index in [9.17, 15) is 13.6 Å². The summed E-state index contributed by atoms with van der Waals surface area (Å²) >= 11 is 4.93. The van der Waals surface area contributed by atoms with Crippen molar-refractivity contribution in [1.29, 1.82) is 0 Å². The molecular formula is C14H10F2N2OS. The Bertz CT molecular complexity index is 644. The maximum absolute atomic E-state index is 13.4. The molecule has 0 unspecified atom stereocenters. The number of carbonyl (C=O) groups is 1. The molecule has 6 heteroatoms. The summed E-state index contributed by atoms with van der Waals surface area (Å²) < 4.78 is 26.1. The van der Waals surface area contributed by atoms with E-state index < -0.39 is 11.7 Å². The molecule has 2 aromatic rings. The number of nitrogens with one attached hydrogen (secondary N) is 2. The van der Waals surface area contributed by atoms with E-state index in [0.717, 1.165) is 0 Å². The quantitative estimate of drug-likeness (QED) is 0.836. The van der Waals surface area contributed by atoms with Gasteiger partial charge in [0.1, 0.15) is 11.6 Å². The monoisotopic (exact) mass is 292 g/mol. The lowest BCUT2D eigenvalue weighted by atomic mass is 10.2. The van der Waals surface area contributed by atoms with E-state index in [1.165, 1.54) is 42.5 Å². The van der Waals surface area contributed by atoms with Crippen molar-refractivity contribution in [3.8, 4) is 0 Å². The molecule has 3 nitrogen and oxygen atoms in total. The molecule has 0 spiro atoms. The van der Waals surface area contributed by atoms with Gasteiger partial charge in [0.25, 0.3) is 5.91 Å². The first-order valence-corrected chi connectivity index (χ1v) is 6.09. The van der Waals surface area contributed by atoms with Gasteiger partial charge in [-0.1, -0.05) is 12.1 Å². The molecule has 20 heavy (non-hydrogen) atoms. The number of amides is 1. The summed E-state index contributed by atoms with van der Waals surface area (Å²) in [4.78, 5) is 11.8. The molecule has 2 N–H and O–H groups in total. The van der Waals surface area contributed by atoms with Gasteiger partial charge in [-0.15, -0.1) is 0 Å². The van der Waals surface area contributed by atoms with Crippen LogP contribution in [0.5, 0.6) is 0 Å². The van der Waals surface area contributed by atoms with Crippen LogP contribution in [-0.4, -0.2) is 11.0 Å². The van der Waals surface area contributed by atoms with E-state index in [-0.39, 0.29) is 16.5 Å². The third kappa shape index (κ3) is 3.58. The molecule has 102 valence electrons. The van der Waals surface area contributed by atoms with Crippen molar-refractivity contribution < 1.29 is 13.6 Å². The third-order valence-corrected chi connectivity index (χ3v) is 2.65. The molecule has 0 aliphatic rings. The zero-order valence-corrected chi connectivity index (χ0v) is 11.0. The molecule has 0 fully saturated rings. The fourth-order valence-corrected chi connectivity index (χ4v) is 1.72. The highest BCUT2D eigenvalue weighted by Gasteiger charge is 2.12. The van der Waals surface area contributed by atoms with Crippen molar-refractivity contribution in [1.82, 2.24) is 5.32 Å². The van der Waals surface area contributed by atoms with Gasteiger partial charge in [-0.3, -0.25) is 10.1 Å². The lowest BCUT2D eigenvalue weighted by Crippen LogP contribution is -2.34. The molecule has 2 rings (SSSR count). The fraction of sp³-hybridized carbons (Fsp3) is 0. The van der Waals surface area contributed by atoms with Gasteiger partial charge in [-0.25, -0.2) is 8.78 Å². The van der Waals surface area contributed by atoms with Gasteiger partial charge >= 0.3 is 0 Å². The first kappa shape index (κ1) is 14.1. The minimum atomic E-state index is -0.650. The summed E-state index contributed by atoms with van der Waals surface area (Å²) in [7, 11) is 0. The number of carbonyl (C=O) groups excluding carboxylic acids is 1. The summed E-state index contributed by atoms with van der Waals surface area (Å²) in [6.07, 6.45) is 0. The standard InChI is InChI=1S/C14H10F2N2OS/c15-9-5-7-10(8-6-9)17-14(20)18-13(19)11-3-1-2-4-12(11)16/h1-8H,(H2,17,18,19,20). The second-order valence-electron chi connectivity index (χ2n) is 3.89. The summed E-state index contributed by atoms with van der Waals surface area (Å²) in [5.41, 5.74) is 0.418. The maximum Gasteiger partial charge on any atom is 0.260 e. The largest absolute Gasteiger partial charge is 0.332 e. The van der Waals surface area contributed by atoms with E-state index >= 15 is 0 Å². The second-order valence-corrected chi connectivity index (χ2v) is 4.30. The Balaban J connectivity index is 2.00. The van der Waals surface area contributed by atoms with Crippen molar-refractivity contribution in [3.63, 3.8) is 0 Å². The van der Waals surface area contributed by atoms with Crippen LogP contribution in [0.3, 0.4) is 0 Å². The molecule has 0 saturated carbocycles. The molecule has 0 bridgehead atoms. The molecule has 0 aromatic heterocycles. The first-order chi connectivity index (χ1) is 9.56. The van der Waals surface area contributed by atoms with E-state index in [2.05, 4.69) is 10.6 Å². The second kappa shape index (κ2) is 6.21. The molecule has 0 aliphatic carbocycles. The molecule has 0 atom stereocenters. The number of thiocarbonyl (C=S) groups is 1. The summed E-state index contributed by atoms with van der Waals surface area (Å²) in [5.74, 6) is -1.66. The highest BCUT2D eigenvalue weighted by Crippen LogP contribution is 2.09. The molecule has 0 saturated heterocycles. The lowest BCUT2D eigenvalue weighted by Gasteiger charge is -2.09. The molecule has 2 aromatic carbocycles. The van der Waals surface area contributed by atoms with E-state index in [1.54, 1.807) is 6.07 Å². The Labute approximate surface area is 119 Å². The average Bonchev–Trinajstić information content (AvgIpc) is 2.41. The van der Waals surface area contributed by atoms with Gasteiger partial charge < -0.3 is 5.32 Å². The number of benzene rings is 2. The highest BCUT2D eigenvalue weighted by atomic mass is 32.1. The molecule has 0 heterocycles. The topological polar surface area (TPSA) is 41.1 Å². The molecule has 0 radical (unpaired) electrons. The Morgan fingerprint density at radius 3 is 2.30 bits per heavy atom. The predicted octanol–water partition coefficient (Wildman–Crippen LogP) is 3.09. The first-order valence-electron chi connectivity index (χ1n) is 5.68. The van der Waals surface area contributed by atoms with Crippen LogP contribution >= 0.6 is 12.2 Å². The smallest absolute Gasteiger partial charge is 0.260 e. The molecule has 0 aliphatic heterocycles. The van der Waals surface area contributed by atoms with Gasteiger partial charge in [0, 0.05) is 5.69 Å². The number of hydrogen-bond donors (Lipinski definition) is 2. The number of hydrogen-bond acceptors (Lipinski definition) is 2. The lowest BCUT2D eigenvalue weighted by molar-refractivity contribution is 0.0974. The molecular weight excluding hydrogens is 282 g/mol. The van der Waals surface area contributed by atoms with Crippen LogP contribution in [0.2, 0.25) is 0 Å². The maximum atomic E-state index is 13.4. The van der Waals surface area contributed by atoms with E-state index in [1.807, 2.05) is 0 Å². The fourth-order valence-electron chi connectivity index (χ4n) is 1.51. The van der Waals surface area contributed by atoms with Gasteiger partial charge in [0.05, 0.1) is 5.56 Å². The van der Waals surface area contributed by atoms with E-state index in [4.69, 9.17) is 12.2 Å². The molecule has 1 amide bonds. The zero-order chi connectivity index (χ0) is 14.5. The summed E-state index contributed by atoms with van der Waals surface area (Å²) in [6.45, 7) is 0. The van der Waals surface area contributed by atoms with Crippen molar-refractivity contribution >= 4 is 28.9 Å². The van der Waals surface area contributed by atoms with Crippen LogP contribution in [0.1, 0.15) is 10.4 Å². The highest BCUT2D eigenvalue weighted by molar-refractivity contribution is 7.80. The Morgan fingerprint density at radius 2 is 1.65 bits per heavy atom. The van der Waals surface area contributed by atoms with Crippen LogP contribution in [0.15, 0.2) is 48.5 Å². The van der Waals surface area contributed by atoms with Crippen molar-refractivity contribution in [2.45, 2.75) is 0 Å². The van der Waals surface area contributed by atoms with Gasteiger partial charge in [-0.2, -0.15) is 0 Å². The van der Waals surface area contributed by atoms with Crippen LogP contribution in [0.4, 0.5) is 14.5 Å². The minimum Gasteiger partial charge on any atom is -0.332 e. The van der Waals surface area contributed by atoms with Crippen molar-refractivity contribution in [2.24, 2.45) is 0 Å². The van der Waals surface area contributed by atoms with Crippen LogP contribution in [0, 0.1) is 11.6 Å². The normalized spacial score (nSPS) is 9.90.